The van der Waals surface area contributed by atoms with E-state index < -0.39 is 0 Å². The molecular weight excluding hydrogens is 288 g/mol. The van der Waals surface area contributed by atoms with Crippen LogP contribution < -0.4 is 0 Å². The minimum absolute atomic E-state index is 0.315. The zero-order valence-corrected chi connectivity index (χ0v) is 12.8. The number of imidazole rings is 1. The molecule has 0 radical (unpaired) electrons. The average Bonchev–Trinajstić information content (AvgIpc) is 3.28. The number of aromatic amines is 1. The smallest absolute Gasteiger partial charge is 0.157 e. The molecule has 3 aromatic rings. The van der Waals surface area contributed by atoms with Gasteiger partial charge in [0.1, 0.15) is 5.69 Å². The lowest BCUT2D eigenvalue weighted by Gasteiger charge is -2.23. The number of nitrogens with one attached hydrogen (secondary N) is 1. The van der Waals surface area contributed by atoms with Crippen LogP contribution in [-0.2, 0) is 6.54 Å². The molecule has 1 saturated heterocycles. The number of pyridine rings is 1. The van der Waals surface area contributed by atoms with Crippen LogP contribution in [0.1, 0.15) is 30.3 Å². The first kappa shape index (κ1) is 14.0. The number of rotatable bonds is 4. The number of nitrogens with zero attached hydrogens (tertiary/aromatic N) is 5. The Kier molecular flexibility index (Phi) is 3.81. The van der Waals surface area contributed by atoms with Crippen molar-refractivity contribution in [2.45, 2.75) is 25.4 Å². The Morgan fingerprint density at radius 3 is 2.83 bits per heavy atom. The number of hydrogen-bond acceptors (Lipinski definition) is 5. The number of H-pyrrole nitrogens is 1. The fraction of sp³-hybridized carbons (Fsp3) is 0.294. The van der Waals surface area contributed by atoms with Crippen molar-refractivity contribution in [3.8, 4) is 11.5 Å². The first-order valence-corrected chi connectivity index (χ1v) is 7.86. The van der Waals surface area contributed by atoms with Gasteiger partial charge in [0.15, 0.2) is 5.82 Å². The fourth-order valence-corrected chi connectivity index (χ4v) is 3.09. The van der Waals surface area contributed by atoms with Crippen LogP contribution in [0.25, 0.3) is 11.5 Å². The summed E-state index contributed by atoms with van der Waals surface area (Å²) in [6.45, 7) is 1.93. The lowest BCUT2D eigenvalue weighted by atomic mass is 10.1. The highest BCUT2D eigenvalue weighted by Crippen LogP contribution is 2.31. The Morgan fingerprint density at radius 1 is 1.09 bits per heavy atom. The summed E-state index contributed by atoms with van der Waals surface area (Å²) in [6.07, 6.45) is 11.3. The summed E-state index contributed by atoms with van der Waals surface area (Å²) in [5.74, 6) is 0.751. The van der Waals surface area contributed by atoms with Crippen LogP contribution in [0.5, 0.6) is 0 Å². The van der Waals surface area contributed by atoms with E-state index in [9.17, 15) is 0 Å². The Balaban J connectivity index is 1.52. The molecule has 0 aliphatic carbocycles. The fourth-order valence-electron chi connectivity index (χ4n) is 3.09. The van der Waals surface area contributed by atoms with Gasteiger partial charge in [0, 0.05) is 25.1 Å². The quantitative estimate of drug-likeness (QED) is 0.802. The number of hydrogen-bond donors (Lipinski definition) is 1. The molecule has 1 aliphatic rings. The third kappa shape index (κ3) is 2.98. The first-order chi connectivity index (χ1) is 11.4. The third-order valence-corrected chi connectivity index (χ3v) is 4.21. The van der Waals surface area contributed by atoms with E-state index in [0.29, 0.717) is 6.04 Å². The van der Waals surface area contributed by atoms with E-state index in [2.05, 4.69) is 35.9 Å². The largest absolute Gasteiger partial charge is 0.343 e. The monoisotopic (exact) mass is 306 g/mol. The first-order valence-electron chi connectivity index (χ1n) is 7.86. The Labute approximate surface area is 134 Å². The topological polar surface area (TPSA) is 70.6 Å². The van der Waals surface area contributed by atoms with Gasteiger partial charge < -0.3 is 4.98 Å². The lowest BCUT2D eigenvalue weighted by molar-refractivity contribution is 0.241. The molecule has 0 unspecified atom stereocenters. The normalized spacial score (nSPS) is 18.3. The summed E-state index contributed by atoms with van der Waals surface area (Å²) in [4.78, 5) is 23.2. The Hall–Kier alpha value is -2.60. The molecule has 4 rings (SSSR count). The average molecular weight is 306 g/mol. The van der Waals surface area contributed by atoms with Crippen molar-refractivity contribution in [2.75, 3.05) is 6.54 Å². The van der Waals surface area contributed by atoms with E-state index in [1.54, 1.807) is 18.6 Å². The van der Waals surface area contributed by atoms with E-state index in [1.165, 1.54) is 6.42 Å². The van der Waals surface area contributed by atoms with E-state index in [-0.39, 0.29) is 0 Å². The molecule has 0 spiro atoms. The molecule has 4 heterocycles. The summed E-state index contributed by atoms with van der Waals surface area (Å²) in [7, 11) is 0. The van der Waals surface area contributed by atoms with Crippen LogP contribution in [0.3, 0.4) is 0 Å². The molecule has 6 heteroatoms. The molecule has 1 N–H and O–H groups in total. The van der Waals surface area contributed by atoms with Gasteiger partial charge in [0.25, 0.3) is 0 Å². The second-order valence-electron chi connectivity index (χ2n) is 5.71. The number of likely N-dealkylation sites (tertiary alicyclic amines) is 1. The highest BCUT2D eigenvalue weighted by molar-refractivity contribution is 5.46. The summed E-state index contributed by atoms with van der Waals surface area (Å²) >= 11 is 0. The van der Waals surface area contributed by atoms with Crippen LogP contribution in [0.4, 0.5) is 0 Å². The van der Waals surface area contributed by atoms with Gasteiger partial charge in [0.05, 0.1) is 29.8 Å². The van der Waals surface area contributed by atoms with E-state index in [1.807, 2.05) is 24.5 Å². The van der Waals surface area contributed by atoms with Crippen molar-refractivity contribution in [3.63, 3.8) is 0 Å². The van der Waals surface area contributed by atoms with Crippen molar-refractivity contribution >= 4 is 0 Å². The predicted octanol–water partition coefficient (Wildman–Crippen LogP) is 2.60. The maximum Gasteiger partial charge on any atom is 0.157 e. The molecule has 1 aliphatic heterocycles. The van der Waals surface area contributed by atoms with Crippen LogP contribution in [-0.4, -0.2) is 36.4 Å². The zero-order valence-electron chi connectivity index (χ0n) is 12.8. The SMILES string of the molecule is c1ccc(CN2CCC[C@H]2c2cnc(-c3ncc[nH]3)cn2)nc1. The van der Waals surface area contributed by atoms with E-state index in [4.69, 9.17) is 0 Å². The summed E-state index contributed by atoms with van der Waals surface area (Å²) < 4.78 is 0. The minimum Gasteiger partial charge on any atom is -0.343 e. The van der Waals surface area contributed by atoms with Gasteiger partial charge in [0.2, 0.25) is 0 Å². The Bertz CT molecular complexity index is 739. The van der Waals surface area contributed by atoms with E-state index >= 15 is 0 Å². The molecular formula is C17H18N6. The molecule has 6 nitrogen and oxygen atoms in total. The molecule has 1 fully saturated rings. The Morgan fingerprint density at radius 2 is 2.09 bits per heavy atom. The zero-order chi connectivity index (χ0) is 15.5. The van der Waals surface area contributed by atoms with Gasteiger partial charge in [-0.15, -0.1) is 0 Å². The van der Waals surface area contributed by atoms with Crippen molar-refractivity contribution in [1.82, 2.24) is 29.8 Å². The van der Waals surface area contributed by atoms with Crippen LogP contribution in [0.15, 0.2) is 49.2 Å². The van der Waals surface area contributed by atoms with Gasteiger partial charge in [-0.1, -0.05) is 6.07 Å². The molecule has 0 amide bonds. The van der Waals surface area contributed by atoms with Crippen LogP contribution in [0, 0.1) is 0 Å². The van der Waals surface area contributed by atoms with Gasteiger partial charge in [-0.2, -0.15) is 0 Å². The molecule has 3 aromatic heterocycles. The van der Waals surface area contributed by atoms with Gasteiger partial charge >= 0.3 is 0 Å². The van der Waals surface area contributed by atoms with E-state index in [0.717, 1.165) is 42.4 Å². The molecule has 1 atom stereocenters. The summed E-state index contributed by atoms with van der Waals surface area (Å²) in [5.41, 5.74) is 2.89. The summed E-state index contributed by atoms with van der Waals surface area (Å²) in [5, 5.41) is 0. The highest BCUT2D eigenvalue weighted by Gasteiger charge is 2.27. The second-order valence-corrected chi connectivity index (χ2v) is 5.71. The minimum atomic E-state index is 0.315. The standard InChI is InChI=1S/C17H18N6/c1-2-6-18-13(4-1)12-23-9-3-5-16(23)14-10-22-15(11-21-14)17-19-7-8-20-17/h1-2,4,6-8,10-11,16H,3,5,9,12H2,(H,19,20)/t16-/m0/s1. The summed E-state index contributed by atoms with van der Waals surface area (Å²) in [6, 6.07) is 6.37. The molecule has 0 saturated carbocycles. The molecule has 0 aromatic carbocycles. The van der Waals surface area contributed by atoms with Gasteiger partial charge in [-0.25, -0.2) is 9.97 Å². The molecule has 0 bridgehead atoms. The van der Waals surface area contributed by atoms with Gasteiger partial charge in [-0.3, -0.25) is 14.9 Å². The number of aromatic nitrogens is 5. The molecule has 23 heavy (non-hydrogen) atoms. The third-order valence-electron chi connectivity index (χ3n) is 4.21. The van der Waals surface area contributed by atoms with Crippen LogP contribution in [0.2, 0.25) is 0 Å². The maximum absolute atomic E-state index is 4.62. The lowest BCUT2D eigenvalue weighted by Crippen LogP contribution is -2.24. The van der Waals surface area contributed by atoms with Crippen molar-refractivity contribution in [3.05, 3.63) is 60.6 Å². The van der Waals surface area contributed by atoms with Crippen LogP contribution >= 0.6 is 0 Å². The van der Waals surface area contributed by atoms with Crippen molar-refractivity contribution in [1.29, 1.82) is 0 Å². The van der Waals surface area contributed by atoms with Crippen molar-refractivity contribution in [2.24, 2.45) is 0 Å². The molecule has 116 valence electrons. The maximum atomic E-state index is 4.62. The van der Waals surface area contributed by atoms with Gasteiger partial charge in [-0.05, 0) is 31.5 Å². The predicted molar refractivity (Wildman–Crippen MR) is 86.2 cm³/mol. The van der Waals surface area contributed by atoms with Crippen molar-refractivity contribution < 1.29 is 0 Å². The highest BCUT2D eigenvalue weighted by atomic mass is 15.2. The second kappa shape index (κ2) is 6.26.